The van der Waals surface area contributed by atoms with Crippen LogP contribution < -0.4 is 5.32 Å². The Labute approximate surface area is 132 Å². The van der Waals surface area contributed by atoms with Crippen molar-refractivity contribution in [2.45, 2.75) is 13.0 Å². The van der Waals surface area contributed by atoms with E-state index in [1.165, 1.54) is 0 Å². The van der Waals surface area contributed by atoms with Gasteiger partial charge in [-0.05, 0) is 24.1 Å². The number of carbonyl (C=O) groups excluding carboxylic acids is 1. The zero-order chi connectivity index (χ0) is 16.4. The lowest BCUT2D eigenvalue weighted by atomic mass is 10.1. The van der Waals surface area contributed by atoms with Crippen molar-refractivity contribution in [2.75, 3.05) is 0 Å². The molecule has 3 aromatic rings. The van der Waals surface area contributed by atoms with Gasteiger partial charge in [-0.15, -0.1) is 0 Å². The number of nitrogens with one attached hydrogen (secondary N) is 1. The molecule has 1 atom stereocenters. The van der Waals surface area contributed by atoms with Gasteiger partial charge < -0.3 is 14.8 Å². The molecule has 0 bridgehead atoms. The predicted octanol–water partition coefficient (Wildman–Crippen LogP) is 2.20. The molecule has 0 aliphatic heterocycles. The molecule has 0 aliphatic rings. The Morgan fingerprint density at radius 2 is 1.91 bits per heavy atom. The summed E-state index contributed by atoms with van der Waals surface area (Å²) in [5, 5.41) is 11.9. The number of carbonyl (C=O) groups is 2. The minimum absolute atomic E-state index is 0.182. The van der Waals surface area contributed by atoms with Crippen LogP contribution >= 0.6 is 0 Å². The van der Waals surface area contributed by atoms with Crippen molar-refractivity contribution in [1.82, 2.24) is 14.7 Å². The van der Waals surface area contributed by atoms with E-state index in [1.807, 2.05) is 19.1 Å². The molecular formula is C17H15N3O3. The maximum Gasteiger partial charge on any atom is 0.330 e. The number of imidazole rings is 1. The number of carboxylic acid groups (broad SMARTS) is 1. The standard InChI is InChI=1S/C17H15N3O3/c1-11-6-5-9-20-10-13(18-15(11)20)16(21)19-14(17(22)23)12-7-3-2-4-8-12/h2-10,14H,1H3,(H,19,21)(H,22,23). The normalized spacial score (nSPS) is 12.0. The second-order valence-electron chi connectivity index (χ2n) is 5.20. The van der Waals surface area contributed by atoms with Crippen LogP contribution in [0.2, 0.25) is 0 Å². The summed E-state index contributed by atoms with van der Waals surface area (Å²) in [6.45, 7) is 1.90. The Hall–Kier alpha value is -3.15. The van der Waals surface area contributed by atoms with Gasteiger partial charge in [0, 0.05) is 12.4 Å². The van der Waals surface area contributed by atoms with Gasteiger partial charge >= 0.3 is 5.97 Å². The van der Waals surface area contributed by atoms with Gasteiger partial charge in [0.15, 0.2) is 6.04 Å². The number of aliphatic carboxylic acids is 1. The summed E-state index contributed by atoms with van der Waals surface area (Å²) >= 11 is 0. The third kappa shape index (κ3) is 2.91. The predicted molar refractivity (Wildman–Crippen MR) is 84.2 cm³/mol. The minimum atomic E-state index is -1.12. The van der Waals surface area contributed by atoms with Gasteiger partial charge in [-0.1, -0.05) is 36.4 Å². The molecule has 6 nitrogen and oxygen atoms in total. The molecule has 2 N–H and O–H groups in total. The van der Waals surface area contributed by atoms with Crippen LogP contribution in [0.25, 0.3) is 5.65 Å². The van der Waals surface area contributed by atoms with Crippen molar-refractivity contribution in [1.29, 1.82) is 0 Å². The van der Waals surface area contributed by atoms with Crippen molar-refractivity contribution in [2.24, 2.45) is 0 Å². The van der Waals surface area contributed by atoms with Gasteiger partial charge in [-0.25, -0.2) is 9.78 Å². The summed E-state index contributed by atoms with van der Waals surface area (Å²) in [4.78, 5) is 28.1. The van der Waals surface area contributed by atoms with E-state index in [9.17, 15) is 14.7 Å². The molecule has 0 spiro atoms. The first kappa shape index (κ1) is 14.8. The molecule has 1 amide bonds. The van der Waals surface area contributed by atoms with Crippen LogP contribution in [0.15, 0.2) is 54.9 Å². The highest BCUT2D eigenvalue weighted by Gasteiger charge is 2.23. The van der Waals surface area contributed by atoms with E-state index >= 15 is 0 Å². The Balaban J connectivity index is 1.89. The smallest absolute Gasteiger partial charge is 0.330 e. The highest BCUT2D eigenvalue weighted by Crippen LogP contribution is 2.15. The van der Waals surface area contributed by atoms with Gasteiger partial charge in [-0.2, -0.15) is 0 Å². The zero-order valence-corrected chi connectivity index (χ0v) is 12.4. The minimum Gasteiger partial charge on any atom is -0.479 e. The molecule has 1 unspecified atom stereocenters. The van der Waals surface area contributed by atoms with Crippen molar-refractivity contribution >= 4 is 17.5 Å². The summed E-state index contributed by atoms with van der Waals surface area (Å²) in [5.41, 5.74) is 2.29. The topological polar surface area (TPSA) is 83.7 Å². The molecule has 0 saturated heterocycles. The lowest BCUT2D eigenvalue weighted by Crippen LogP contribution is -2.33. The van der Waals surface area contributed by atoms with Crippen molar-refractivity contribution in [3.8, 4) is 0 Å². The molecule has 1 aromatic carbocycles. The Bertz CT molecular complexity index is 871. The summed E-state index contributed by atoms with van der Waals surface area (Å²) < 4.78 is 1.74. The fourth-order valence-electron chi connectivity index (χ4n) is 2.40. The fourth-order valence-corrected chi connectivity index (χ4v) is 2.40. The van der Waals surface area contributed by atoms with Crippen LogP contribution in [-0.4, -0.2) is 26.4 Å². The summed E-state index contributed by atoms with van der Waals surface area (Å²) in [6.07, 6.45) is 3.37. The number of pyridine rings is 1. The molecular weight excluding hydrogens is 294 g/mol. The maximum absolute atomic E-state index is 12.4. The summed E-state index contributed by atoms with van der Waals surface area (Å²) in [5.74, 6) is -1.64. The van der Waals surface area contributed by atoms with Gasteiger partial charge in [-0.3, -0.25) is 4.79 Å². The molecule has 2 aromatic heterocycles. The Kier molecular flexibility index (Phi) is 3.80. The molecule has 0 saturated carbocycles. The number of aryl methyl sites for hydroxylation is 1. The van der Waals surface area contributed by atoms with Crippen LogP contribution in [-0.2, 0) is 4.79 Å². The zero-order valence-electron chi connectivity index (χ0n) is 12.4. The number of hydrogen-bond donors (Lipinski definition) is 2. The number of rotatable bonds is 4. The molecule has 0 fully saturated rings. The SMILES string of the molecule is Cc1cccn2cc(C(=O)NC(C(=O)O)c3ccccc3)nc12. The first-order valence-electron chi connectivity index (χ1n) is 7.09. The quantitative estimate of drug-likeness (QED) is 0.774. The van der Waals surface area contributed by atoms with Crippen LogP contribution in [0.5, 0.6) is 0 Å². The molecule has 0 radical (unpaired) electrons. The van der Waals surface area contributed by atoms with E-state index in [2.05, 4.69) is 10.3 Å². The average molecular weight is 309 g/mol. The molecule has 6 heteroatoms. The van der Waals surface area contributed by atoms with Gasteiger partial charge in [0.05, 0.1) is 0 Å². The average Bonchev–Trinajstić information content (AvgIpc) is 2.99. The Morgan fingerprint density at radius 3 is 2.57 bits per heavy atom. The van der Waals surface area contributed by atoms with Crippen molar-refractivity contribution in [3.63, 3.8) is 0 Å². The first-order chi connectivity index (χ1) is 11.1. The van der Waals surface area contributed by atoms with E-state index in [4.69, 9.17) is 0 Å². The number of nitrogens with zero attached hydrogens (tertiary/aromatic N) is 2. The van der Waals surface area contributed by atoms with Crippen LogP contribution in [0.1, 0.15) is 27.7 Å². The van der Waals surface area contributed by atoms with E-state index in [-0.39, 0.29) is 5.69 Å². The van der Waals surface area contributed by atoms with Gasteiger partial charge in [0.2, 0.25) is 0 Å². The fraction of sp³-hybridized carbons (Fsp3) is 0.118. The second-order valence-corrected chi connectivity index (χ2v) is 5.20. The number of benzene rings is 1. The van der Waals surface area contributed by atoms with E-state index in [0.29, 0.717) is 11.2 Å². The summed E-state index contributed by atoms with van der Waals surface area (Å²) in [6, 6.07) is 11.2. The van der Waals surface area contributed by atoms with Crippen LogP contribution in [0.3, 0.4) is 0 Å². The largest absolute Gasteiger partial charge is 0.479 e. The van der Waals surface area contributed by atoms with Crippen LogP contribution in [0, 0.1) is 6.92 Å². The number of aromatic nitrogens is 2. The number of amides is 1. The third-order valence-electron chi connectivity index (χ3n) is 3.57. The van der Waals surface area contributed by atoms with Crippen molar-refractivity contribution < 1.29 is 14.7 Å². The molecule has 116 valence electrons. The number of fused-ring (bicyclic) bond motifs is 1. The molecule has 2 heterocycles. The molecule has 3 rings (SSSR count). The van der Waals surface area contributed by atoms with Gasteiger partial charge in [0.25, 0.3) is 5.91 Å². The highest BCUT2D eigenvalue weighted by atomic mass is 16.4. The highest BCUT2D eigenvalue weighted by molar-refractivity contribution is 5.95. The molecule has 0 aliphatic carbocycles. The maximum atomic E-state index is 12.4. The first-order valence-corrected chi connectivity index (χ1v) is 7.09. The lowest BCUT2D eigenvalue weighted by Gasteiger charge is -2.13. The second kappa shape index (κ2) is 5.92. The third-order valence-corrected chi connectivity index (χ3v) is 3.57. The van der Waals surface area contributed by atoms with E-state index < -0.39 is 17.9 Å². The van der Waals surface area contributed by atoms with Crippen LogP contribution in [0.4, 0.5) is 0 Å². The van der Waals surface area contributed by atoms with Crippen molar-refractivity contribution in [3.05, 3.63) is 71.7 Å². The molecule has 23 heavy (non-hydrogen) atoms. The number of hydrogen-bond acceptors (Lipinski definition) is 3. The Morgan fingerprint density at radius 1 is 1.17 bits per heavy atom. The van der Waals surface area contributed by atoms with E-state index in [1.54, 1.807) is 47.1 Å². The summed E-state index contributed by atoms with van der Waals surface area (Å²) in [7, 11) is 0. The number of carboxylic acids is 1. The lowest BCUT2D eigenvalue weighted by molar-refractivity contribution is -0.139. The van der Waals surface area contributed by atoms with E-state index in [0.717, 1.165) is 5.56 Å². The van der Waals surface area contributed by atoms with Gasteiger partial charge in [0.1, 0.15) is 11.3 Å². The monoisotopic (exact) mass is 309 g/mol.